The van der Waals surface area contributed by atoms with Gasteiger partial charge in [-0.3, -0.25) is 4.90 Å². The molecule has 190 valence electrons. The van der Waals surface area contributed by atoms with E-state index in [0.717, 1.165) is 23.2 Å². The molecule has 3 aromatic carbocycles. The summed E-state index contributed by atoms with van der Waals surface area (Å²) >= 11 is 0. The van der Waals surface area contributed by atoms with E-state index < -0.39 is 17.7 Å². The minimum atomic E-state index is -0.819. The van der Waals surface area contributed by atoms with Gasteiger partial charge in [0.15, 0.2) is 0 Å². The predicted octanol–water partition coefficient (Wildman–Crippen LogP) is 4.37. The van der Waals surface area contributed by atoms with Gasteiger partial charge in [-0.25, -0.2) is 4.79 Å². The summed E-state index contributed by atoms with van der Waals surface area (Å²) in [4.78, 5) is 16.8. The molecule has 1 aliphatic rings. The van der Waals surface area contributed by atoms with Gasteiger partial charge in [-0.1, -0.05) is 54.6 Å². The van der Waals surface area contributed by atoms with Crippen molar-refractivity contribution < 1.29 is 19.7 Å². The fourth-order valence-electron chi connectivity index (χ4n) is 4.83. The third-order valence-corrected chi connectivity index (χ3v) is 7.09. The van der Waals surface area contributed by atoms with Gasteiger partial charge in [0.25, 0.3) is 0 Å². The van der Waals surface area contributed by atoms with Gasteiger partial charge in [0.05, 0.1) is 17.3 Å². The maximum atomic E-state index is 12.5. The number of aliphatic hydroxyl groups excluding tert-OH is 1. The highest BCUT2D eigenvalue weighted by Gasteiger charge is 2.36. The first-order valence-corrected chi connectivity index (χ1v) is 12.5. The Hall–Kier alpha value is -3.03. The number of rotatable bonds is 8. The third kappa shape index (κ3) is 6.20. The van der Waals surface area contributed by atoms with Crippen LogP contribution in [0.25, 0.3) is 0 Å². The molecular weight excluding hydrogens is 452 g/mol. The normalized spacial score (nSPS) is 17.5. The molecule has 0 bridgehead atoms. The predicted molar refractivity (Wildman–Crippen MR) is 141 cm³/mol. The molecule has 0 aromatic heterocycles. The fourth-order valence-corrected chi connectivity index (χ4v) is 4.83. The van der Waals surface area contributed by atoms with E-state index >= 15 is 0 Å². The number of carbonyl (C=O) groups is 1. The summed E-state index contributed by atoms with van der Waals surface area (Å²) in [6, 6.07) is 24.1. The number of aliphatic hydroxyl groups is 2. The minimum Gasteiger partial charge on any atom is -0.423 e. The zero-order valence-electron chi connectivity index (χ0n) is 21.3. The highest BCUT2D eigenvalue weighted by atomic mass is 16.5. The van der Waals surface area contributed by atoms with Crippen molar-refractivity contribution >= 4 is 5.97 Å². The van der Waals surface area contributed by atoms with Crippen LogP contribution in [-0.2, 0) is 12.1 Å². The van der Waals surface area contributed by atoms with E-state index in [1.807, 2.05) is 63.5 Å². The standard InChI is InChI=1S/C30H36N2O4/c1-22(32-19-17-30(35,18-20-32)26-7-5-4-6-8-26)28(33)24-13-15-27(16-14-24)36-29(34)25-11-9-23(10-12-25)21-31(2)3/h4-16,22,28,33,35H,17-21H2,1-3H3/t22-,28-/m0/s1. The number of esters is 1. The maximum Gasteiger partial charge on any atom is 0.343 e. The van der Waals surface area contributed by atoms with Crippen LogP contribution >= 0.6 is 0 Å². The average molecular weight is 489 g/mol. The Balaban J connectivity index is 1.32. The average Bonchev–Trinajstić information content (AvgIpc) is 2.89. The van der Waals surface area contributed by atoms with Gasteiger partial charge < -0.3 is 19.8 Å². The van der Waals surface area contributed by atoms with Crippen molar-refractivity contribution in [2.24, 2.45) is 0 Å². The van der Waals surface area contributed by atoms with E-state index in [1.165, 1.54) is 0 Å². The summed E-state index contributed by atoms with van der Waals surface area (Å²) in [7, 11) is 4.00. The summed E-state index contributed by atoms with van der Waals surface area (Å²) in [5, 5.41) is 22.1. The van der Waals surface area contributed by atoms with Crippen molar-refractivity contribution in [3.63, 3.8) is 0 Å². The van der Waals surface area contributed by atoms with Crippen molar-refractivity contribution in [2.75, 3.05) is 27.2 Å². The van der Waals surface area contributed by atoms with Crippen molar-refractivity contribution in [3.8, 4) is 5.75 Å². The fraction of sp³-hybridized carbons (Fsp3) is 0.367. The third-order valence-electron chi connectivity index (χ3n) is 7.09. The molecule has 1 aliphatic heterocycles. The van der Waals surface area contributed by atoms with Crippen LogP contribution in [0.4, 0.5) is 0 Å². The Morgan fingerprint density at radius 1 is 0.972 bits per heavy atom. The zero-order chi connectivity index (χ0) is 25.7. The molecule has 36 heavy (non-hydrogen) atoms. The summed E-state index contributed by atoms with van der Waals surface area (Å²) in [6.45, 7) is 4.22. The summed E-state index contributed by atoms with van der Waals surface area (Å²) in [5.41, 5.74) is 2.52. The number of ether oxygens (including phenoxy) is 1. The van der Waals surface area contributed by atoms with Crippen LogP contribution in [0.5, 0.6) is 5.75 Å². The number of likely N-dealkylation sites (tertiary alicyclic amines) is 1. The number of piperidine rings is 1. The maximum absolute atomic E-state index is 12.5. The molecule has 0 amide bonds. The monoisotopic (exact) mass is 488 g/mol. The quantitative estimate of drug-likeness (QED) is 0.362. The van der Waals surface area contributed by atoms with Gasteiger partial charge in [-0.2, -0.15) is 0 Å². The van der Waals surface area contributed by atoms with Crippen LogP contribution in [0.1, 0.15) is 52.9 Å². The number of carbonyl (C=O) groups excluding carboxylic acids is 1. The van der Waals surface area contributed by atoms with Crippen molar-refractivity contribution in [2.45, 2.75) is 44.1 Å². The number of nitrogens with zero attached hydrogens (tertiary/aromatic N) is 2. The Kier molecular flexibility index (Phi) is 8.21. The molecule has 0 saturated carbocycles. The topological polar surface area (TPSA) is 73.2 Å². The first-order chi connectivity index (χ1) is 17.2. The van der Waals surface area contributed by atoms with Crippen molar-refractivity contribution in [1.82, 2.24) is 9.80 Å². The second-order valence-electron chi connectivity index (χ2n) is 10.0. The van der Waals surface area contributed by atoms with Gasteiger partial charge in [-0.15, -0.1) is 0 Å². The Morgan fingerprint density at radius 3 is 2.17 bits per heavy atom. The van der Waals surface area contributed by atoms with E-state index in [1.54, 1.807) is 36.4 Å². The Bertz CT molecular complexity index is 1120. The van der Waals surface area contributed by atoms with Crippen LogP contribution < -0.4 is 4.74 Å². The Labute approximate surface area is 213 Å². The van der Waals surface area contributed by atoms with Crippen LogP contribution in [0.15, 0.2) is 78.9 Å². The molecule has 2 N–H and O–H groups in total. The van der Waals surface area contributed by atoms with Gasteiger partial charge in [0, 0.05) is 25.7 Å². The summed E-state index contributed by atoms with van der Waals surface area (Å²) in [6.07, 6.45) is 0.556. The molecule has 2 atom stereocenters. The minimum absolute atomic E-state index is 0.112. The molecule has 4 rings (SSSR count). The van der Waals surface area contributed by atoms with Gasteiger partial charge in [0.2, 0.25) is 0 Å². The van der Waals surface area contributed by atoms with Crippen LogP contribution in [0.3, 0.4) is 0 Å². The second kappa shape index (κ2) is 11.4. The second-order valence-corrected chi connectivity index (χ2v) is 10.0. The van der Waals surface area contributed by atoms with Crippen LogP contribution in [0, 0.1) is 0 Å². The lowest BCUT2D eigenvalue weighted by Crippen LogP contribution is -2.47. The smallest absolute Gasteiger partial charge is 0.343 e. The van der Waals surface area contributed by atoms with E-state index in [9.17, 15) is 15.0 Å². The van der Waals surface area contributed by atoms with E-state index in [0.29, 0.717) is 37.2 Å². The molecular formula is C30H36N2O4. The lowest BCUT2D eigenvalue weighted by Gasteiger charge is -2.42. The molecule has 1 heterocycles. The summed E-state index contributed by atoms with van der Waals surface area (Å²) < 4.78 is 5.53. The molecule has 6 nitrogen and oxygen atoms in total. The van der Waals surface area contributed by atoms with E-state index in [2.05, 4.69) is 9.80 Å². The van der Waals surface area contributed by atoms with Crippen molar-refractivity contribution in [1.29, 1.82) is 0 Å². The lowest BCUT2D eigenvalue weighted by atomic mass is 9.83. The Morgan fingerprint density at radius 2 is 1.58 bits per heavy atom. The van der Waals surface area contributed by atoms with Gasteiger partial charge in [0.1, 0.15) is 5.75 Å². The molecule has 3 aromatic rings. The lowest BCUT2D eigenvalue weighted by molar-refractivity contribution is -0.0501. The number of hydrogen-bond acceptors (Lipinski definition) is 6. The largest absolute Gasteiger partial charge is 0.423 e. The first-order valence-electron chi connectivity index (χ1n) is 12.5. The summed E-state index contributed by atoms with van der Waals surface area (Å²) in [5.74, 6) is 0.0270. The van der Waals surface area contributed by atoms with Crippen LogP contribution in [-0.4, -0.2) is 59.2 Å². The number of benzene rings is 3. The molecule has 0 radical (unpaired) electrons. The molecule has 0 unspecified atom stereocenters. The number of hydrogen-bond donors (Lipinski definition) is 2. The van der Waals surface area contributed by atoms with Crippen molar-refractivity contribution in [3.05, 3.63) is 101 Å². The SMILES string of the molecule is C[C@@H]([C@H](O)c1ccc(OC(=O)c2ccc(CN(C)C)cc2)cc1)N1CCC(O)(c2ccccc2)CC1. The van der Waals surface area contributed by atoms with E-state index in [4.69, 9.17) is 4.74 Å². The molecule has 0 spiro atoms. The van der Waals surface area contributed by atoms with E-state index in [-0.39, 0.29) is 6.04 Å². The van der Waals surface area contributed by atoms with Gasteiger partial charge >= 0.3 is 5.97 Å². The van der Waals surface area contributed by atoms with Crippen LogP contribution in [0.2, 0.25) is 0 Å². The molecule has 6 heteroatoms. The molecule has 0 aliphatic carbocycles. The first kappa shape index (κ1) is 26.0. The molecule has 1 fully saturated rings. The van der Waals surface area contributed by atoms with Gasteiger partial charge in [-0.05, 0) is 74.8 Å². The highest BCUT2D eigenvalue weighted by Crippen LogP contribution is 2.35. The zero-order valence-corrected chi connectivity index (χ0v) is 21.3. The molecule has 1 saturated heterocycles. The highest BCUT2D eigenvalue weighted by molar-refractivity contribution is 5.91.